The molecular weight excluding hydrogens is 471 g/mol. The molecule has 1 aliphatic rings. The summed E-state index contributed by atoms with van der Waals surface area (Å²) in [6, 6.07) is 7.58. The topological polar surface area (TPSA) is 74.2 Å². The summed E-state index contributed by atoms with van der Waals surface area (Å²) in [5, 5.41) is 3.36. The van der Waals surface area contributed by atoms with Crippen LogP contribution in [0.1, 0.15) is 35.7 Å². The number of carbonyl (C=O) groups excluding carboxylic acids is 2. The Morgan fingerprint density at radius 3 is 2.32 bits per heavy atom. The maximum Gasteiger partial charge on any atom is 0.309 e. The van der Waals surface area contributed by atoms with E-state index in [0.29, 0.717) is 18.7 Å². The fourth-order valence-electron chi connectivity index (χ4n) is 3.12. The Labute approximate surface area is 184 Å². The van der Waals surface area contributed by atoms with Crippen LogP contribution in [0, 0.1) is 5.92 Å². The molecule has 156 valence electrons. The minimum absolute atomic E-state index is 0. The number of carbonyl (C=O) groups is 2. The number of ether oxygens (including phenoxy) is 1. The zero-order chi connectivity index (χ0) is 19.8. The smallest absolute Gasteiger partial charge is 0.309 e. The largest absolute Gasteiger partial charge is 0.466 e. The van der Waals surface area contributed by atoms with E-state index in [1.165, 1.54) is 0 Å². The van der Waals surface area contributed by atoms with Crippen LogP contribution in [0.15, 0.2) is 29.3 Å². The first-order chi connectivity index (χ1) is 13.0. The van der Waals surface area contributed by atoms with E-state index < -0.39 is 0 Å². The molecule has 0 bridgehead atoms. The number of hydrogen-bond donors (Lipinski definition) is 1. The summed E-state index contributed by atoms with van der Waals surface area (Å²) < 4.78 is 5.12. The number of benzene rings is 1. The molecule has 1 aromatic rings. The minimum atomic E-state index is -0.0903. The summed E-state index contributed by atoms with van der Waals surface area (Å²) >= 11 is 0. The van der Waals surface area contributed by atoms with Crippen molar-refractivity contribution in [2.45, 2.75) is 26.3 Å². The molecule has 0 spiro atoms. The molecule has 1 aliphatic heterocycles. The van der Waals surface area contributed by atoms with Gasteiger partial charge in [-0.3, -0.25) is 14.6 Å². The summed E-state index contributed by atoms with van der Waals surface area (Å²) in [7, 11) is 5.25. The van der Waals surface area contributed by atoms with E-state index in [1.54, 1.807) is 26.0 Å². The molecule has 2 rings (SSSR count). The normalized spacial score (nSPS) is 14.9. The van der Waals surface area contributed by atoms with Crippen molar-refractivity contribution in [3.05, 3.63) is 35.4 Å². The zero-order valence-corrected chi connectivity index (χ0v) is 19.4. The summed E-state index contributed by atoms with van der Waals surface area (Å²) in [6.45, 7) is 4.45. The molecule has 1 fully saturated rings. The van der Waals surface area contributed by atoms with Crippen LogP contribution in [0.5, 0.6) is 0 Å². The van der Waals surface area contributed by atoms with E-state index in [2.05, 4.69) is 15.2 Å². The standard InChI is InChI=1S/C20H30N4O3.HI/c1-5-27-19(26)17-10-12-24(13-11-17)20(21-2)22-14-15-6-8-16(9-7-15)18(25)23(3)4;/h6-9,17H,5,10-14H2,1-4H3,(H,21,22);1H. The third-order valence-electron chi connectivity index (χ3n) is 4.68. The predicted molar refractivity (Wildman–Crippen MR) is 121 cm³/mol. The lowest BCUT2D eigenvalue weighted by atomic mass is 9.97. The van der Waals surface area contributed by atoms with Gasteiger partial charge in [0, 0.05) is 46.3 Å². The highest BCUT2D eigenvalue weighted by atomic mass is 127. The molecular formula is C20H31IN4O3. The summed E-state index contributed by atoms with van der Waals surface area (Å²) in [5.41, 5.74) is 1.75. The van der Waals surface area contributed by atoms with Gasteiger partial charge in [-0.2, -0.15) is 0 Å². The second kappa shape index (κ2) is 11.9. The maximum atomic E-state index is 11.9. The van der Waals surface area contributed by atoms with Gasteiger partial charge in [-0.25, -0.2) is 0 Å². The molecule has 1 amide bonds. The van der Waals surface area contributed by atoms with Crippen LogP contribution in [0.2, 0.25) is 0 Å². The third-order valence-corrected chi connectivity index (χ3v) is 4.68. The Hall–Kier alpha value is -1.84. The SMILES string of the molecule is CCOC(=O)C1CCN(C(=NC)NCc2ccc(C(=O)N(C)C)cc2)CC1.I. The lowest BCUT2D eigenvalue weighted by Crippen LogP contribution is -2.46. The average Bonchev–Trinajstić information content (AvgIpc) is 2.69. The Bertz CT molecular complexity index is 669. The van der Waals surface area contributed by atoms with Crippen molar-refractivity contribution in [1.29, 1.82) is 0 Å². The van der Waals surface area contributed by atoms with Gasteiger partial charge in [0.2, 0.25) is 0 Å². The second-order valence-corrected chi connectivity index (χ2v) is 6.81. The number of esters is 1. The number of guanidine groups is 1. The quantitative estimate of drug-likeness (QED) is 0.290. The Morgan fingerprint density at radius 1 is 1.21 bits per heavy atom. The van der Waals surface area contributed by atoms with E-state index in [9.17, 15) is 9.59 Å². The van der Waals surface area contributed by atoms with E-state index in [4.69, 9.17) is 4.74 Å². The summed E-state index contributed by atoms with van der Waals surface area (Å²) in [6.07, 6.45) is 1.56. The number of halogens is 1. The van der Waals surface area contributed by atoms with Crippen molar-refractivity contribution in [3.8, 4) is 0 Å². The van der Waals surface area contributed by atoms with Crippen molar-refractivity contribution >= 4 is 41.8 Å². The molecule has 0 saturated carbocycles. The molecule has 1 saturated heterocycles. The molecule has 8 heteroatoms. The van der Waals surface area contributed by atoms with Gasteiger partial charge in [-0.05, 0) is 37.5 Å². The van der Waals surface area contributed by atoms with Gasteiger partial charge < -0.3 is 19.9 Å². The molecule has 0 aliphatic carbocycles. The first kappa shape index (κ1) is 24.2. The minimum Gasteiger partial charge on any atom is -0.466 e. The van der Waals surface area contributed by atoms with Crippen LogP contribution in [-0.2, 0) is 16.1 Å². The molecule has 28 heavy (non-hydrogen) atoms. The molecule has 7 nitrogen and oxygen atoms in total. The van der Waals surface area contributed by atoms with E-state index in [1.807, 2.05) is 31.2 Å². The van der Waals surface area contributed by atoms with Crippen molar-refractivity contribution in [2.24, 2.45) is 10.9 Å². The number of rotatable bonds is 5. The fourth-order valence-corrected chi connectivity index (χ4v) is 3.12. The summed E-state index contributed by atoms with van der Waals surface area (Å²) in [4.78, 5) is 31.9. The monoisotopic (exact) mass is 502 g/mol. The summed E-state index contributed by atoms with van der Waals surface area (Å²) in [5.74, 6) is 0.717. The molecule has 0 atom stereocenters. The van der Waals surface area contributed by atoms with E-state index in [0.717, 1.165) is 37.5 Å². The van der Waals surface area contributed by atoms with Crippen LogP contribution in [-0.4, -0.2) is 68.5 Å². The highest BCUT2D eigenvalue weighted by molar-refractivity contribution is 14.0. The van der Waals surface area contributed by atoms with Crippen LogP contribution in [0.25, 0.3) is 0 Å². The van der Waals surface area contributed by atoms with Crippen LogP contribution < -0.4 is 5.32 Å². The molecule has 0 unspecified atom stereocenters. The van der Waals surface area contributed by atoms with Gasteiger partial charge in [-0.1, -0.05) is 12.1 Å². The van der Waals surface area contributed by atoms with Crippen molar-refractivity contribution in [3.63, 3.8) is 0 Å². The highest BCUT2D eigenvalue weighted by Gasteiger charge is 2.27. The van der Waals surface area contributed by atoms with Crippen molar-refractivity contribution in [2.75, 3.05) is 40.8 Å². The second-order valence-electron chi connectivity index (χ2n) is 6.81. The van der Waals surface area contributed by atoms with Gasteiger partial charge in [0.15, 0.2) is 5.96 Å². The van der Waals surface area contributed by atoms with E-state index >= 15 is 0 Å². The Balaban J connectivity index is 0.00000392. The number of aliphatic imine (C=N–C) groups is 1. The molecule has 1 N–H and O–H groups in total. The molecule has 1 aromatic carbocycles. The average molecular weight is 502 g/mol. The molecule has 1 heterocycles. The number of likely N-dealkylation sites (tertiary alicyclic amines) is 1. The highest BCUT2D eigenvalue weighted by Crippen LogP contribution is 2.19. The number of nitrogens with one attached hydrogen (secondary N) is 1. The Morgan fingerprint density at radius 2 is 1.82 bits per heavy atom. The van der Waals surface area contributed by atoms with Crippen molar-refractivity contribution < 1.29 is 14.3 Å². The third kappa shape index (κ3) is 6.65. The zero-order valence-electron chi connectivity index (χ0n) is 17.1. The molecule has 0 aromatic heterocycles. The van der Waals surface area contributed by atoms with Crippen molar-refractivity contribution in [1.82, 2.24) is 15.1 Å². The number of amides is 1. The Kier molecular flexibility index (Phi) is 10.3. The first-order valence-corrected chi connectivity index (χ1v) is 9.39. The van der Waals surface area contributed by atoms with Gasteiger partial charge in [0.05, 0.1) is 12.5 Å². The van der Waals surface area contributed by atoms with Gasteiger partial charge in [-0.15, -0.1) is 24.0 Å². The van der Waals surface area contributed by atoms with Crippen LogP contribution >= 0.6 is 24.0 Å². The number of nitrogens with zero attached hydrogens (tertiary/aromatic N) is 3. The maximum absolute atomic E-state index is 11.9. The predicted octanol–water partition coefficient (Wildman–Crippen LogP) is 2.36. The van der Waals surface area contributed by atoms with Gasteiger partial charge in [0.25, 0.3) is 5.91 Å². The van der Waals surface area contributed by atoms with Crippen LogP contribution in [0.4, 0.5) is 0 Å². The first-order valence-electron chi connectivity index (χ1n) is 9.39. The fraction of sp³-hybridized carbons (Fsp3) is 0.550. The van der Waals surface area contributed by atoms with Crippen LogP contribution in [0.3, 0.4) is 0 Å². The number of hydrogen-bond acceptors (Lipinski definition) is 4. The lowest BCUT2D eigenvalue weighted by Gasteiger charge is -2.33. The van der Waals surface area contributed by atoms with Gasteiger partial charge >= 0.3 is 5.97 Å². The lowest BCUT2D eigenvalue weighted by molar-refractivity contribution is -0.149. The molecule has 0 radical (unpaired) electrons. The van der Waals surface area contributed by atoms with Gasteiger partial charge in [0.1, 0.15) is 0 Å². The van der Waals surface area contributed by atoms with E-state index in [-0.39, 0.29) is 41.8 Å². The number of piperidine rings is 1.